The number of aliphatic hydroxyl groups excluding tert-OH is 1. The molecule has 0 aromatic heterocycles. The maximum Gasteiger partial charge on any atom is 0.367 e. The molecule has 0 saturated carbocycles. The molecule has 2 N–H and O–H groups in total. The third-order valence-corrected chi connectivity index (χ3v) is 2.80. The van der Waals surface area contributed by atoms with Crippen molar-refractivity contribution in [3.8, 4) is 5.75 Å². The average Bonchev–Trinajstić information content (AvgIpc) is 2.53. The van der Waals surface area contributed by atoms with Crippen LogP contribution in [0.5, 0.6) is 5.75 Å². The van der Waals surface area contributed by atoms with Crippen LogP contribution in [0.15, 0.2) is 24.3 Å². The number of hydrogen-bond acceptors (Lipinski definition) is 6. The highest BCUT2D eigenvalue weighted by atomic mass is 16.7. The van der Waals surface area contributed by atoms with Crippen molar-refractivity contribution in [3.63, 3.8) is 0 Å². The highest BCUT2D eigenvalue weighted by molar-refractivity contribution is 5.94. The molecule has 1 aromatic rings. The minimum Gasteiger partial charge on any atom is -0.496 e. The van der Waals surface area contributed by atoms with Crippen LogP contribution in [-0.2, 0) is 14.4 Å². The summed E-state index contributed by atoms with van der Waals surface area (Å²) in [7, 11) is 1.36. The number of carbonyl (C=O) groups is 3. The summed E-state index contributed by atoms with van der Waals surface area (Å²) < 4.78 is 5.00. The number of hydrogen-bond donors (Lipinski definition) is 2. The quantitative estimate of drug-likeness (QED) is 0.733. The van der Waals surface area contributed by atoms with Crippen molar-refractivity contribution in [2.45, 2.75) is 19.4 Å². The van der Waals surface area contributed by atoms with Crippen molar-refractivity contribution in [2.75, 3.05) is 13.7 Å². The number of aliphatic carboxylic acids is 1. The molecular weight excluding hydrogens is 294 g/mol. The van der Waals surface area contributed by atoms with Gasteiger partial charge in [-0.1, -0.05) is 19.1 Å². The van der Waals surface area contributed by atoms with Gasteiger partial charge in [0.1, 0.15) is 11.3 Å². The third kappa shape index (κ3) is 3.95. The zero-order valence-corrected chi connectivity index (χ0v) is 12.2. The van der Waals surface area contributed by atoms with Gasteiger partial charge < -0.3 is 19.8 Å². The lowest BCUT2D eigenvalue weighted by molar-refractivity contribution is -0.190. The second-order valence-electron chi connectivity index (χ2n) is 4.19. The van der Waals surface area contributed by atoms with Crippen LogP contribution in [0, 0.1) is 0 Å². The second-order valence-corrected chi connectivity index (χ2v) is 4.19. The summed E-state index contributed by atoms with van der Waals surface area (Å²) in [6, 6.07) is 4.45. The predicted octanol–water partition coefficient (Wildman–Crippen LogP) is 0.451. The Labute approximate surface area is 126 Å². The fraction of sp³-hybridized carbons (Fsp3) is 0.357. The monoisotopic (exact) mass is 311 g/mol. The maximum atomic E-state index is 12.1. The number of carboxylic acid groups (broad SMARTS) is 1. The number of amides is 1. The van der Waals surface area contributed by atoms with Gasteiger partial charge in [-0.15, -0.1) is 0 Å². The van der Waals surface area contributed by atoms with E-state index in [0.717, 1.165) is 0 Å². The molecular formula is C14H17NO7. The zero-order chi connectivity index (χ0) is 16.7. The Morgan fingerprint density at radius 3 is 2.41 bits per heavy atom. The summed E-state index contributed by atoms with van der Waals surface area (Å²) in [5.41, 5.74) is 0.0287. The summed E-state index contributed by atoms with van der Waals surface area (Å²) in [4.78, 5) is 39.8. The maximum absolute atomic E-state index is 12.1. The highest BCUT2D eigenvalue weighted by Crippen LogP contribution is 2.19. The van der Waals surface area contributed by atoms with Gasteiger partial charge in [-0.25, -0.2) is 9.59 Å². The van der Waals surface area contributed by atoms with Gasteiger partial charge in [0, 0.05) is 6.42 Å². The largest absolute Gasteiger partial charge is 0.496 e. The molecule has 0 spiro atoms. The van der Waals surface area contributed by atoms with Gasteiger partial charge in [0.15, 0.2) is 6.04 Å². The van der Waals surface area contributed by atoms with E-state index in [9.17, 15) is 14.4 Å². The van der Waals surface area contributed by atoms with Crippen LogP contribution >= 0.6 is 0 Å². The van der Waals surface area contributed by atoms with Crippen LogP contribution < -0.4 is 4.74 Å². The van der Waals surface area contributed by atoms with E-state index in [1.807, 2.05) is 0 Å². The first kappa shape index (κ1) is 17.4. The Morgan fingerprint density at radius 1 is 1.27 bits per heavy atom. The van der Waals surface area contributed by atoms with Gasteiger partial charge in [-0.05, 0) is 12.1 Å². The van der Waals surface area contributed by atoms with Crippen molar-refractivity contribution in [1.29, 1.82) is 0 Å². The van der Waals surface area contributed by atoms with Gasteiger partial charge in [0.25, 0.3) is 5.91 Å². The number of benzene rings is 1. The normalized spacial score (nSPS) is 11.4. The van der Waals surface area contributed by atoms with Crippen molar-refractivity contribution >= 4 is 17.8 Å². The fourth-order valence-corrected chi connectivity index (χ4v) is 1.65. The summed E-state index contributed by atoms with van der Waals surface area (Å²) in [5.74, 6) is -2.98. The minimum absolute atomic E-state index is 0.0287. The number of methoxy groups -OCH3 is 1. The molecule has 1 aromatic carbocycles. The van der Waals surface area contributed by atoms with E-state index >= 15 is 0 Å². The van der Waals surface area contributed by atoms with E-state index in [1.54, 1.807) is 12.1 Å². The minimum atomic E-state index is -1.67. The van der Waals surface area contributed by atoms with Gasteiger partial charge in [-0.2, -0.15) is 5.06 Å². The first-order chi connectivity index (χ1) is 10.5. The Balaban J connectivity index is 3.06. The summed E-state index contributed by atoms with van der Waals surface area (Å²) in [6.07, 6.45) is -0.0943. The van der Waals surface area contributed by atoms with Crippen LogP contribution in [0.4, 0.5) is 0 Å². The Morgan fingerprint density at radius 2 is 1.91 bits per heavy atom. The number of nitrogens with zero attached hydrogens (tertiary/aromatic N) is 1. The molecule has 22 heavy (non-hydrogen) atoms. The predicted molar refractivity (Wildman–Crippen MR) is 74.1 cm³/mol. The van der Waals surface area contributed by atoms with Crippen molar-refractivity contribution in [2.24, 2.45) is 0 Å². The highest BCUT2D eigenvalue weighted by Gasteiger charge is 2.33. The Kier molecular flexibility index (Phi) is 6.33. The van der Waals surface area contributed by atoms with Crippen LogP contribution in [-0.4, -0.2) is 52.9 Å². The van der Waals surface area contributed by atoms with E-state index in [0.29, 0.717) is 5.06 Å². The first-order valence-electron chi connectivity index (χ1n) is 6.47. The Bertz CT molecular complexity index is 558. The molecule has 0 aliphatic heterocycles. The molecule has 0 fully saturated rings. The second kappa shape index (κ2) is 7.99. The molecule has 1 atom stereocenters. The molecule has 0 bridgehead atoms. The first-order valence-corrected chi connectivity index (χ1v) is 6.47. The third-order valence-electron chi connectivity index (χ3n) is 2.80. The molecule has 0 saturated heterocycles. The molecule has 120 valence electrons. The summed E-state index contributed by atoms with van der Waals surface area (Å²) >= 11 is 0. The topological polar surface area (TPSA) is 113 Å². The molecule has 0 heterocycles. The van der Waals surface area contributed by atoms with Gasteiger partial charge >= 0.3 is 11.9 Å². The number of ether oxygens (including phenoxy) is 1. The van der Waals surface area contributed by atoms with Crippen molar-refractivity contribution < 1.29 is 34.2 Å². The number of aliphatic hydroxyl groups is 1. The number of carboxylic acids is 1. The van der Waals surface area contributed by atoms with E-state index < -0.39 is 30.5 Å². The molecule has 0 aliphatic carbocycles. The van der Waals surface area contributed by atoms with E-state index in [-0.39, 0.29) is 17.7 Å². The lowest BCUT2D eigenvalue weighted by Gasteiger charge is -2.25. The molecule has 0 aliphatic rings. The standard InChI is InChI=1S/C14H17NO7/c1-3-12(17)15(10(8-16)13(18)19)22-14(20)9-6-4-5-7-11(9)21-2/h4-7,10,16H,3,8H2,1-2H3,(H,18,19)/t10-/m0/s1. The number of hydroxylamine groups is 2. The van der Waals surface area contributed by atoms with Gasteiger partial charge in [0.2, 0.25) is 0 Å². The van der Waals surface area contributed by atoms with Crippen LogP contribution in [0.2, 0.25) is 0 Å². The van der Waals surface area contributed by atoms with Crippen molar-refractivity contribution in [3.05, 3.63) is 29.8 Å². The van der Waals surface area contributed by atoms with Crippen molar-refractivity contribution in [1.82, 2.24) is 5.06 Å². The molecule has 1 amide bonds. The molecule has 0 radical (unpaired) electrons. The van der Waals surface area contributed by atoms with Crippen LogP contribution in [0.3, 0.4) is 0 Å². The zero-order valence-electron chi connectivity index (χ0n) is 12.2. The Hall–Kier alpha value is -2.61. The molecule has 0 unspecified atom stereocenters. The van der Waals surface area contributed by atoms with Gasteiger partial charge in [0.05, 0.1) is 13.7 Å². The van der Waals surface area contributed by atoms with E-state index in [1.165, 1.54) is 26.2 Å². The summed E-state index contributed by atoms with van der Waals surface area (Å²) in [6.45, 7) is 0.586. The summed E-state index contributed by atoms with van der Waals surface area (Å²) in [5, 5.41) is 18.5. The molecule has 8 heteroatoms. The van der Waals surface area contributed by atoms with E-state index in [2.05, 4.69) is 0 Å². The fourth-order valence-electron chi connectivity index (χ4n) is 1.65. The lowest BCUT2D eigenvalue weighted by Crippen LogP contribution is -2.48. The number of para-hydroxylation sites is 1. The van der Waals surface area contributed by atoms with Crippen LogP contribution in [0.25, 0.3) is 0 Å². The number of carbonyl (C=O) groups excluding carboxylic acids is 2. The average molecular weight is 311 g/mol. The van der Waals surface area contributed by atoms with Gasteiger partial charge in [-0.3, -0.25) is 4.79 Å². The van der Waals surface area contributed by atoms with Crippen LogP contribution in [0.1, 0.15) is 23.7 Å². The van der Waals surface area contributed by atoms with E-state index in [4.69, 9.17) is 19.8 Å². The SMILES string of the molecule is CCC(=O)N(OC(=O)c1ccccc1OC)[C@@H](CO)C(=O)O. The lowest BCUT2D eigenvalue weighted by atomic mass is 10.2. The smallest absolute Gasteiger partial charge is 0.367 e. The molecule has 8 nitrogen and oxygen atoms in total. The molecule has 1 rings (SSSR count). The number of rotatable bonds is 6.